The predicted octanol–water partition coefficient (Wildman–Crippen LogP) is 12.3. The van der Waals surface area contributed by atoms with Crippen molar-refractivity contribution < 1.29 is 0 Å². The molecule has 0 amide bonds. The molecule has 0 aliphatic heterocycles. The Morgan fingerprint density at radius 1 is 0.344 bits per heavy atom. The molecule has 0 radical (unpaired) electrons. The number of hydrogen-bond donors (Lipinski definition) is 0. The Morgan fingerprint density at radius 3 is 0.875 bits per heavy atom. The van der Waals surface area contributed by atoms with Crippen molar-refractivity contribution in [2.24, 2.45) is 0 Å². The minimum atomic E-state index is 1.20. The smallest absolute Gasteiger partial charge is 0.0351 e. The fourth-order valence-electron chi connectivity index (χ4n) is 4.66. The van der Waals surface area contributed by atoms with Gasteiger partial charge in [0.2, 0.25) is 0 Å². The lowest BCUT2D eigenvalue weighted by molar-refractivity contribution is 0.542. The first-order valence-corrected chi connectivity index (χ1v) is 15.2. The Hall–Kier alpha value is -0.520. The highest BCUT2D eigenvalue weighted by Gasteiger charge is 1.94. The van der Waals surface area contributed by atoms with Crippen LogP contribution in [0.2, 0.25) is 0 Å². The minimum Gasteiger partial charge on any atom is -0.103 e. The Morgan fingerprint density at radius 2 is 0.594 bits per heavy atom. The van der Waals surface area contributed by atoms with E-state index in [9.17, 15) is 0 Å². The number of unbranched alkanes of at least 4 members (excludes halogenated alkanes) is 25. The van der Waals surface area contributed by atoms with Crippen LogP contribution >= 0.6 is 0 Å². The summed E-state index contributed by atoms with van der Waals surface area (Å²) in [6, 6.07) is 0. The summed E-state index contributed by atoms with van der Waals surface area (Å²) < 4.78 is 0. The molecular weight excluding hydrogens is 384 g/mol. The summed E-state index contributed by atoms with van der Waals surface area (Å²) in [7, 11) is 0. The first kappa shape index (κ1) is 31.5. The molecule has 0 aliphatic carbocycles. The molecule has 0 atom stereocenters. The van der Waals surface area contributed by atoms with E-state index < -0.39 is 0 Å². The van der Waals surface area contributed by atoms with Gasteiger partial charge in [-0.2, -0.15) is 0 Å². The van der Waals surface area contributed by atoms with Crippen LogP contribution in [-0.2, 0) is 0 Å². The van der Waals surface area contributed by atoms with Crippen molar-refractivity contribution in [3.63, 3.8) is 0 Å². The van der Waals surface area contributed by atoms with Crippen molar-refractivity contribution in [2.75, 3.05) is 0 Å². The Kier molecular flexibility index (Phi) is 30.0. The van der Waals surface area contributed by atoms with Crippen molar-refractivity contribution in [3.8, 4) is 0 Å². The van der Waals surface area contributed by atoms with E-state index in [2.05, 4.69) is 31.7 Å². The quantitative estimate of drug-likeness (QED) is 0.0827. The van der Waals surface area contributed by atoms with Crippen LogP contribution in [0.5, 0.6) is 0 Å². The van der Waals surface area contributed by atoms with Crippen LogP contribution in [0.25, 0.3) is 0 Å². The Balaban J connectivity index is 3.07. The lowest BCUT2D eigenvalue weighted by Crippen LogP contribution is -1.83. The zero-order valence-corrected chi connectivity index (χ0v) is 22.5. The molecule has 0 bridgehead atoms. The molecule has 0 nitrogen and oxygen atoms in total. The molecule has 0 N–H and O–H groups in total. The molecule has 0 saturated heterocycles. The summed E-state index contributed by atoms with van der Waals surface area (Å²) in [6.45, 7) is 6.09. The minimum absolute atomic E-state index is 1.20. The van der Waals surface area contributed by atoms with Gasteiger partial charge in [-0.05, 0) is 38.5 Å². The first-order chi connectivity index (χ1) is 15.9. The molecule has 0 heterocycles. The van der Waals surface area contributed by atoms with Gasteiger partial charge in [0, 0.05) is 0 Å². The molecule has 0 spiro atoms. The number of allylic oxidation sites excluding steroid dienone is 3. The van der Waals surface area contributed by atoms with Gasteiger partial charge in [-0.3, -0.25) is 0 Å². The van der Waals surface area contributed by atoms with Crippen LogP contribution in [0.15, 0.2) is 24.8 Å². The maximum atomic E-state index is 3.79. The average Bonchev–Trinajstić information content (AvgIpc) is 2.81. The van der Waals surface area contributed by atoms with Gasteiger partial charge >= 0.3 is 0 Å². The summed E-state index contributed by atoms with van der Waals surface area (Å²) in [5.41, 5.74) is 0. The summed E-state index contributed by atoms with van der Waals surface area (Å²) in [5, 5.41) is 0. The van der Waals surface area contributed by atoms with Crippen LogP contribution in [0, 0.1) is 0 Å². The molecule has 0 unspecified atom stereocenters. The molecule has 0 fully saturated rings. The predicted molar refractivity (Wildman–Crippen MR) is 150 cm³/mol. The van der Waals surface area contributed by atoms with Gasteiger partial charge in [0.05, 0.1) is 0 Å². The maximum absolute atomic E-state index is 3.79. The normalized spacial score (nSPS) is 11.5. The SMILES string of the molecule is C=CCCCCCCCCCCCCCCC=CCCCCCCCCCCCCCC. The highest BCUT2D eigenvalue weighted by Crippen LogP contribution is 2.14. The average molecular weight is 447 g/mol. The van der Waals surface area contributed by atoms with E-state index in [1.54, 1.807) is 0 Å². The third kappa shape index (κ3) is 29.5. The van der Waals surface area contributed by atoms with Crippen molar-refractivity contribution >= 4 is 0 Å². The number of rotatable bonds is 28. The van der Waals surface area contributed by atoms with Gasteiger partial charge in [-0.1, -0.05) is 160 Å². The van der Waals surface area contributed by atoms with Crippen LogP contribution in [0.3, 0.4) is 0 Å². The monoisotopic (exact) mass is 446 g/mol. The molecule has 0 aromatic heterocycles. The maximum Gasteiger partial charge on any atom is -0.0351 e. The van der Waals surface area contributed by atoms with Gasteiger partial charge in [0.1, 0.15) is 0 Å². The van der Waals surface area contributed by atoms with Gasteiger partial charge in [0.25, 0.3) is 0 Å². The van der Waals surface area contributed by atoms with Gasteiger partial charge in [-0.25, -0.2) is 0 Å². The second-order valence-electron chi connectivity index (χ2n) is 10.3. The van der Waals surface area contributed by atoms with Gasteiger partial charge in [0.15, 0.2) is 0 Å². The fourth-order valence-corrected chi connectivity index (χ4v) is 4.66. The molecule has 0 rings (SSSR count). The van der Waals surface area contributed by atoms with Crippen molar-refractivity contribution in [2.45, 2.75) is 180 Å². The van der Waals surface area contributed by atoms with Gasteiger partial charge in [-0.15, -0.1) is 6.58 Å². The van der Waals surface area contributed by atoms with Crippen LogP contribution in [0.1, 0.15) is 180 Å². The van der Waals surface area contributed by atoms with Crippen molar-refractivity contribution in [1.82, 2.24) is 0 Å². The molecule has 0 aliphatic rings. The van der Waals surface area contributed by atoms with E-state index in [-0.39, 0.29) is 0 Å². The number of hydrogen-bond acceptors (Lipinski definition) is 0. The molecule has 0 saturated carbocycles. The molecule has 0 heteroatoms. The topological polar surface area (TPSA) is 0 Å². The van der Waals surface area contributed by atoms with Crippen LogP contribution < -0.4 is 0 Å². The molecule has 32 heavy (non-hydrogen) atoms. The highest BCUT2D eigenvalue weighted by molar-refractivity contribution is 4.81. The summed E-state index contributed by atoms with van der Waals surface area (Å²) in [5.74, 6) is 0. The van der Waals surface area contributed by atoms with Crippen LogP contribution in [-0.4, -0.2) is 0 Å². The second-order valence-corrected chi connectivity index (χ2v) is 10.3. The van der Waals surface area contributed by atoms with E-state index in [1.165, 1.54) is 173 Å². The summed E-state index contributed by atoms with van der Waals surface area (Å²) in [4.78, 5) is 0. The van der Waals surface area contributed by atoms with E-state index in [0.717, 1.165) is 0 Å². The van der Waals surface area contributed by atoms with E-state index in [4.69, 9.17) is 0 Å². The lowest BCUT2D eigenvalue weighted by Gasteiger charge is -2.03. The standard InChI is InChI=1S/C32H62/c1-3-5-7-9-11-13-15-17-19-21-23-25-27-29-31-32-30-28-26-24-22-20-18-16-14-12-10-8-6-4-2/h3,30,32H,1,4-29,31H2,2H3. The van der Waals surface area contributed by atoms with Crippen molar-refractivity contribution in [3.05, 3.63) is 24.8 Å². The van der Waals surface area contributed by atoms with E-state index in [0.29, 0.717) is 0 Å². The summed E-state index contributed by atoms with van der Waals surface area (Å²) in [6.07, 6.45) is 45.4. The van der Waals surface area contributed by atoms with E-state index >= 15 is 0 Å². The largest absolute Gasteiger partial charge is 0.103 e. The van der Waals surface area contributed by atoms with E-state index in [1.807, 2.05) is 0 Å². The molecular formula is C32H62. The molecule has 0 aromatic carbocycles. The zero-order chi connectivity index (χ0) is 23.2. The molecule has 190 valence electrons. The fraction of sp³-hybridized carbons (Fsp3) is 0.875. The third-order valence-corrected chi connectivity index (χ3v) is 6.92. The van der Waals surface area contributed by atoms with Gasteiger partial charge < -0.3 is 0 Å². The molecule has 0 aromatic rings. The lowest BCUT2D eigenvalue weighted by atomic mass is 10.0. The Bertz CT molecular complexity index is 353. The first-order valence-electron chi connectivity index (χ1n) is 15.2. The highest BCUT2D eigenvalue weighted by atomic mass is 14.0. The Labute approximate surface area is 205 Å². The summed E-state index contributed by atoms with van der Waals surface area (Å²) >= 11 is 0. The van der Waals surface area contributed by atoms with Crippen molar-refractivity contribution in [1.29, 1.82) is 0 Å². The third-order valence-electron chi connectivity index (χ3n) is 6.92. The second kappa shape index (κ2) is 30.5. The zero-order valence-electron chi connectivity index (χ0n) is 22.5. The van der Waals surface area contributed by atoms with Crippen LogP contribution in [0.4, 0.5) is 0 Å².